The Balaban J connectivity index is 0.00000139. The van der Waals surface area contributed by atoms with Gasteiger partial charge < -0.3 is 10.2 Å². The van der Waals surface area contributed by atoms with Crippen molar-refractivity contribution < 1.29 is 19.8 Å². The van der Waals surface area contributed by atoms with E-state index in [2.05, 4.69) is 9.98 Å². The van der Waals surface area contributed by atoms with Gasteiger partial charge in [-0.25, -0.2) is 19.6 Å². The number of hydrogen-bond acceptors (Lipinski definition) is 3. The highest BCUT2D eigenvalue weighted by Crippen LogP contribution is 2.17. The van der Waals surface area contributed by atoms with Gasteiger partial charge in [0.25, 0.3) is 0 Å². The van der Waals surface area contributed by atoms with Gasteiger partial charge >= 0.3 is 11.9 Å². The lowest BCUT2D eigenvalue weighted by Crippen LogP contribution is -2.01. The zero-order chi connectivity index (χ0) is 17.9. The van der Waals surface area contributed by atoms with Crippen LogP contribution in [-0.2, 0) is 0 Å². The highest BCUT2D eigenvalue weighted by atomic mass is 16.4. The van der Waals surface area contributed by atoms with Crippen molar-refractivity contribution >= 4 is 30.2 Å². The molecule has 2 aromatic carbocycles. The van der Waals surface area contributed by atoms with Gasteiger partial charge in [0.2, 0.25) is 0 Å². The molecule has 0 spiro atoms. The van der Waals surface area contributed by atoms with E-state index in [1.165, 1.54) is 24.7 Å². The zero-order valence-electron chi connectivity index (χ0n) is 13.4. The van der Waals surface area contributed by atoms with Gasteiger partial charge in [-0.05, 0) is 18.2 Å². The molecule has 0 unspecified atom stereocenters. The summed E-state index contributed by atoms with van der Waals surface area (Å²) in [6, 6.07) is 12.7. The molecule has 0 heterocycles. The van der Waals surface area contributed by atoms with Crippen LogP contribution in [0.5, 0.6) is 0 Å². The SMILES string of the molecule is CC.O=C(O)c1ccccc1C=NC=Nc1ccccc1C(=O)O. The number of para-hydroxylation sites is 1. The summed E-state index contributed by atoms with van der Waals surface area (Å²) in [5.41, 5.74) is 0.914. The molecule has 0 atom stereocenters. The van der Waals surface area contributed by atoms with Gasteiger partial charge in [-0.15, -0.1) is 0 Å². The molecule has 2 aromatic rings. The first-order valence-corrected chi connectivity index (χ1v) is 7.30. The second-order valence-electron chi connectivity index (χ2n) is 4.24. The maximum absolute atomic E-state index is 11.0. The molecular weight excluding hydrogens is 308 g/mol. The second-order valence-corrected chi connectivity index (χ2v) is 4.24. The minimum Gasteiger partial charge on any atom is -0.478 e. The second kappa shape index (κ2) is 9.68. The van der Waals surface area contributed by atoms with E-state index in [9.17, 15) is 9.59 Å². The highest BCUT2D eigenvalue weighted by Gasteiger charge is 2.07. The van der Waals surface area contributed by atoms with Crippen LogP contribution >= 0.6 is 0 Å². The van der Waals surface area contributed by atoms with Crippen LogP contribution in [0.1, 0.15) is 40.1 Å². The smallest absolute Gasteiger partial charge is 0.337 e. The number of rotatable bonds is 5. The Bertz CT molecular complexity index is 702. The van der Waals surface area contributed by atoms with Crippen LogP contribution in [0.25, 0.3) is 0 Å². The van der Waals surface area contributed by atoms with Gasteiger partial charge in [-0.3, -0.25) is 0 Å². The average Bonchev–Trinajstić information content (AvgIpc) is 2.61. The van der Waals surface area contributed by atoms with Crippen LogP contribution in [0.4, 0.5) is 5.69 Å². The summed E-state index contributed by atoms with van der Waals surface area (Å²) < 4.78 is 0. The molecule has 0 bridgehead atoms. The van der Waals surface area contributed by atoms with Crippen molar-refractivity contribution in [1.29, 1.82) is 0 Å². The molecule has 2 rings (SSSR count). The normalized spacial score (nSPS) is 10.4. The van der Waals surface area contributed by atoms with Crippen LogP contribution in [0, 0.1) is 0 Å². The molecule has 6 nitrogen and oxygen atoms in total. The van der Waals surface area contributed by atoms with E-state index in [-0.39, 0.29) is 16.8 Å². The van der Waals surface area contributed by atoms with Gasteiger partial charge in [-0.1, -0.05) is 44.2 Å². The van der Waals surface area contributed by atoms with E-state index in [1.807, 2.05) is 13.8 Å². The molecule has 2 N–H and O–H groups in total. The summed E-state index contributed by atoms with van der Waals surface area (Å²) in [4.78, 5) is 29.9. The minimum absolute atomic E-state index is 0.0693. The van der Waals surface area contributed by atoms with E-state index in [0.717, 1.165) is 0 Å². The Hall–Kier alpha value is -3.28. The standard InChI is InChI=1S/C16H12N2O4.C2H6/c19-15(20)12-6-2-1-5-11(12)9-17-10-18-14-8-4-3-7-13(14)16(21)22;1-2/h1-10H,(H,19,20)(H,21,22);1-2H3. The van der Waals surface area contributed by atoms with Gasteiger partial charge in [0.15, 0.2) is 0 Å². The van der Waals surface area contributed by atoms with E-state index in [0.29, 0.717) is 5.56 Å². The van der Waals surface area contributed by atoms with Crippen LogP contribution in [-0.4, -0.2) is 34.7 Å². The fourth-order valence-electron chi connectivity index (χ4n) is 1.78. The van der Waals surface area contributed by atoms with Gasteiger partial charge in [-0.2, -0.15) is 0 Å². The minimum atomic E-state index is -1.08. The number of nitrogens with zero attached hydrogens (tertiary/aromatic N) is 2. The number of carboxylic acids is 2. The maximum atomic E-state index is 11.0. The van der Waals surface area contributed by atoms with Crippen molar-refractivity contribution in [3.05, 3.63) is 65.2 Å². The molecule has 0 radical (unpaired) electrons. The quantitative estimate of drug-likeness (QED) is 0.643. The number of hydrogen-bond donors (Lipinski definition) is 2. The molecule has 0 aliphatic heterocycles. The Morgan fingerprint density at radius 1 is 0.875 bits per heavy atom. The van der Waals surface area contributed by atoms with Crippen molar-refractivity contribution in [2.75, 3.05) is 0 Å². The van der Waals surface area contributed by atoms with Crippen LogP contribution in [0.15, 0.2) is 58.5 Å². The van der Waals surface area contributed by atoms with E-state index in [1.54, 1.807) is 36.4 Å². The lowest BCUT2D eigenvalue weighted by atomic mass is 10.1. The first kappa shape index (κ1) is 18.8. The number of carboxylic acid groups (broad SMARTS) is 2. The first-order valence-electron chi connectivity index (χ1n) is 7.30. The average molecular weight is 326 g/mol. The van der Waals surface area contributed by atoms with E-state index < -0.39 is 11.9 Å². The molecule has 0 fully saturated rings. The van der Waals surface area contributed by atoms with Crippen molar-refractivity contribution in [3.63, 3.8) is 0 Å². The lowest BCUT2D eigenvalue weighted by Gasteiger charge is -1.99. The zero-order valence-corrected chi connectivity index (χ0v) is 13.4. The van der Waals surface area contributed by atoms with Gasteiger partial charge in [0.1, 0.15) is 6.34 Å². The highest BCUT2D eigenvalue weighted by molar-refractivity contribution is 6.00. The molecule has 0 aliphatic rings. The third-order valence-electron chi connectivity index (χ3n) is 2.80. The largest absolute Gasteiger partial charge is 0.478 e. The number of aliphatic imine (C=N–C) groups is 2. The molecule has 0 amide bonds. The molecule has 0 aliphatic carbocycles. The Labute approximate surface area is 139 Å². The summed E-state index contributed by atoms with van der Waals surface area (Å²) in [7, 11) is 0. The van der Waals surface area contributed by atoms with Crippen molar-refractivity contribution in [2.45, 2.75) is 13.8 Å². The fraction of sp³-hybridized carbons (Fsp3) is 0.111. The lowest BCUT2D eigenvalue weighted by molar-refractivity contribution is 0.0686. The van der Waals surface area contributed by atoms with E-state index >= 15 is 0 Å². The van der Waals surface area contributed by atoms with Crippen LogP contribution in [0.3, 0.4) is 0 Å². The summed E-state index contributed by atoms with van der Waals surface area (Å²) in [5.74, 6) is -2.12. The summed E-state index contributed by atoms with van der Waals surface area (Å²) in [6.07, 6.45) is 2.54. The summed E-state index contributed by atoms with van der Waals surface area (Å²) in [5, 5.41) is 18.1. The predicted octanol–water partition coefficient (Wildman–Crippen LogP) is 3.89. The number of carbonyl (C=O) groups is 2. The van der Waals surface area contributed by atoms with Crippen molar-refractivity contribution in [1.82, 2.24) is 0 Å². The third kappa shape index (κ3) is 5.17. The van der Waals surface area contributed by atoms with Gasteiger partial charge in [0, 0.05) is 11.8 Å². The van der Waals surface area contributed by atoms with Gasteiger partial charge in [0.05, 0.1) is 16.8 Å². The number of benzene rings is 2. The predicted molar refractivity (Wildman–Crippen MR) is 93.9 cm³/mol. The number of aromatic carboxylic acids is 2. The fourth-order valence-corrected chi connectivity index (χ4v) is 1.78. The Morgan fingerprint density at radius 3 is 2.04 bits per heavy atom. The first-order chi connectivity index (χ1) is 11.6. The molecule has 6 heteroatoms. The van der Waals surface area contributed by atoms with Crippen molar-refractivity contribution in [2.24, 2.45) is 9.98 Å². The van der Waals surface area contributed by atoms with Crippen molar-refractivity contribution in [3.8, 4) is 0 Å². The molecule has 0 saturated carbocycles. The van der Waals surface area contributed by atoms with Crippen LogP contribution in [0.2, 0.25) is 0 Å². The van der Waals surface area contributed by atoms with E-state index in [4.69, 9.17) is 10.2 Å². The van der Waals surface area contributed by atoms with Crippen LogP contribution < -0.4 is 0 Å². The monoisotopic (exact) mass is 326 g/mol. The Morgan fingerprint density at radius 2 is 1.42 bits per heavy atom. The topological polar surface area (TPSA) is 99.3 Å². The molecule has 0 aromatic heterocycles. The Kier molecular flexibility index (Phi) is 7.57. The third-order valence-corrected chi connectivity index (χ3v) is 2.80. The maximum Gasteiger partial charge on any atom is 0.337 e. The molecule has 0 saturated heterocycles. The molecule has 124 valence electrons. The molecular formula is C18H18N2O4. The summed E-state index contributed by atoms with van der Waals surface area (Å²) >= 11 is 0. The molecule has 24 heavy (non-hydrogen) atoms. The summed E-state index contributed by atoms with van der Waals surface area (Å²) in [6.45, 7) is 4.00.